The Hall–Kier alpha value is -2.22. The highest BCUT2D eigenvalue weighted by Crippen LogP contribution is 2.28. The number of nitrogens with zero attached hydrogens (tertiary/aromatic N) is 4. The van der Waals surface area contributed by atoms with Crippen LogP contribution in [0, 0.1) is 0 Å². The second kappa shape index (κ2) is 7.42. The molecule has 0 bridgehead atoms. The average Bonchev–Trinajstić information content (AvgIpc) is 3.23. The van der Waals surface area contributed by atoms with Crippen molar-refractivity contribution in [3.63, 3.8) is 0 Å². The first-order valence-electron chi connectivity index (χ1n) is 8.76. The van der Waals surface area contributed by atoms with Gasteiger partial charge in [0.1, 0.15) is 0 Å². The standard InChI is InChI=1S/C19H19ClN4O2S/c20-17-3-1-2-16(14-17)15-4-6-19(7-5-15)27(25,26)23-11-8-18(9-12-23)24-13-10-21-22-24/h1-7,10,13-14,18H,8-9,11-12H2. The van der Waals surface area contributed by atoms with Crippen molar-refractivity contribution in [2.45, 2.75) is 23.8 Å². The van der Waals surface area contributed by atoms with Crippen molar-refractivity contribution in [2.75, 3.05) is 13.1 Å². The van der Waals surface area contributed by atoms with Crippen molar-refractivity contribution in [1.29, 1.82) is 0 Å². The zero-order chi connectivity index (χ0) is 18.9. The lowest BCUT2D eigenvalue weighted by atomic mass is 10.1. The number of hydrogen-bond donors (Lipinski definition) is 0. The second-order valence-corrected chi connectivity index (χ2v) is 8.93. The van der Waals surface area contributed by atoms with E-state index in [0.717, 1.165) is 24.0 Å². The minimum atomic E-state index is -3.50. The Morgan fingerprint density at radius 2 is 1.74 bits per heavy atom. The lowest BCUT2D eigenvalue weighted by Crippen LogP contribution is -2.39. The molecule has 1 fully saturated rings. The first-order chi connectivity index (χ1) is 13.0. The minimum Gasteiger partial charge on any atom is -0.249 e. The van der Waals surface area contributed by atoms with E-state index in [1.54, 1.807) is 22.6 Å². The third kappa shape index (κ3) is 3.76. The molecule has 0 radical (unpaired) electrons. The highest BCUT2D eigenvalue weighted by atomic mass is 35.5. The molecule has 0 N–H and O–H groups in total. The molecule has 27 heavy (non-hydrogen) atoms. The molecule has 1 saturated heterocycles. The summed E-state index contributed by atoms with van der Waals surface area (Å²) in [5.41, 5.74) is 1.89. The van der Waals surface area contributed by atoms with Crippen LogP contribution in [0.5, 0.6) is 0 Å². The topological polar surface area (TPSA) is 68.1 Å². The molecule has 8 heteroatoms. The normalized spacial score (nSPS) is 16.5. The van der Waals surface area contributed by atoms with Crippen LogP contribution < -0.4 is 0 Å². The van der Waals surface area contributed by atoms with Crippen molar-refractivity contribution >= 4 is 21.6 Å². The van der Waals surface area contributed by atoms with Gasteiger partial charge < -0.3 is 0 Å². The van der Waals surface area contributed by atoms with Crippen LogP contribution in [0.2, 0.25) is 5.02 Å². The van der Waals surface area contributed by atoms with Crippen LogP contribution in [0.25, 0.3) is 11.1 Å². The fourth-order valence-corrected chi connectivity index (χ4v) is 5.06. The van der Waals surface area contributed by atoms with Crippen LogP contribution in [0.4, 0.5) is 0 Å². The maximum absolute atomic E-state index is 13.0. The summed E-state index contributed by atoms with van der Waals surface area (Å²) in [5, 5.41) is 8.50. The van der Waals surface area contributed by atoms with Crippen molar-refractivity contribution in [3.05, 3.63) is 65.9 Å². The molecule has 0 atom stereocenters. The van der Waals surface area contributed by atoms with Gasteiger partial charge in [-0.1, -0.05) is 41.1 Å². The fourth-order valence-electron chi connectivity index (χ4n) is 3.40. The Labute approximate surface area is 163 Å². The number of aromatic nitrogens is 3. The van der Waals surface area contributed by atoms with Gasteiger partial charge in [-0.15, -0.1) is 5.10 Å². The molecule has 3 aromatic rings. The maximum Gasteiger partial charge on any atom is 0.243 e. The summed E-state index contributed by atoms with van der Waals surface area (Å²) in [6.45, 7) is 0.950. The van der Waals surface area contributed by atoms with Gasteiger partial charge in [-0.3, -0.25) is 0 Å². The van der Waals surface area contributed by atoms with Crippen LogP contribution in [0.15, 0.2) is 65.8 Å². The van der Waals surface area contributed by atoms with Gasteiger partial charge in [-0.2, -0.15) is 4.31 Å². The van der Waals surface area contributed by atoms with Gasteiger partial charge in [0.15, 0.2) is 0 Å². The maximum atomic E-state index is 13.0. The quantitative estimate of drug-likeness (QED) is 0.668. The van der Waals surface area contributed by atoms with Crippen LogP contribution in [0.1, 0.15) is 18.9 Å². The first-order valence-corrected chi connectivity index (χ1v) is 10.6. The van der Waals surface area contributed by atoms with E-state index in [4.69, 9.17) is 11.6 Å². The smallest absolute Gasteiger partial charge is 0.243 e. The highest BCUT2D eigenvalue weighted by Gasteiger charge is 2.30. The number of rotatable bonds is 4. The second-order valence-electron chi connectivity index (χ2n) is 6.55. The molecule has 1 aliphatic heterocycles. The molecule has 1 aliphatic rings. The molecule has 6 nitrogen and oxygen atoms in total. The molecule has 1 aromatic heterocycles. The van der Waals surface area contributed by atoms with Gasteiger partial charge in [0.05, 0.1) is 17.1 Å². The molecule has 0 spiro atoms. The van der Waals surface area contributed by atoms with Gasteiger partial charge in [-0.05, 0) is 48.2 Å². The SMILES string of the molecule is O=S(=O)(c1ccc(-c2cccc(Cl)c2)cc1)N1CCC(n2ccnn2)CC1. The molecular formula is C19H19ClN4O2S. The van der Waals surface area contributed by atoms with E-state index in [9.17, 15) is 8.42 Å². The number of halogens is 1. The lowest BCUT2D eigenvalue weighted by Gasteiger charge is -2.31. The minimum absolute atomic E-state index is 0.198. The monoisotopic (exact) mass is 402 g/mol. The number of sulfonamides is 1. The predicted molar refractivity (Wildman–Crippen MR) is 104 cm³/mol. The molecule has 140 valence electrons. The Morgan fingerprint density at radius 1 is 1.00 bits per heavy atom. The van der Waals surface area contributed by atoms with Gasteiger partial charge in [0.25, 0.3) is 0 Å². The van der Waals surface area contributed by atoms with Crippen molar-refractivity contribution in [3.8, 4) is 11.1 Å². The summed E-state index contributed by atoms with van der Waals surface area (Å²) in [7, 11) is -3.50. The van der Waals surface area contributed by atoms with E-state index in [1.807, 2.05) is 47.3 Å². The average molecular weight is 403 g/mol. The highest BCUT2D eigenvalue weighted by molar-refractivity contribution is 7.89. The molecule has 0 unspecified atom stereocenters. The number of benzene rings is 2. The molecule has 2 aromatic carbocycles. The van der Waals surface area contributed by atoms with Gasteiger partial charge >= 0.3 is 0 Å². The summed E-state index contributed by atoms with van der Waals surface area (Å²) < 4.78 is 29.3. The summed E-state index contributed by atoms with van der Waals surface area (Å²) in [6.07, 6.45) is 4.92. The summed E-state index contributed by atoms with van der Waals surface area (Å²) in [4.78, 5) is 0.312. The van der Waals surface area contributed by atoms with E-state index in [1.165, 1.54) is 0 Å². The van der Waals surface area contributed by atoms with Crippen LogP contribution >= 0.6 is 11.6 Å². The fraction of sp³-hybridized carbons (Fsp3) is 0.263. The van der Waals surface area contributed by atoms with Crippen LogP contribution in [-0.2, 0) is 10.0 Å². The van der Waals surface area contributed by atoms with Gasteiger partial charge in [0.2, 0.25) is 10.0 Å². The predicted octanol–water partition coefficient (Wildman–Crippen LogP) is 3.62. The molecule has 2 heterocycles. The number of piperidine rings is 1. The van der Waals surface area contributed by atoms with E-state index >= 15 is 0 Å². The zero-order valence-corrected chi connectivity index (χ0v) is 16.1. The summed E-state index contributed by atoms with van der Waals surface area (Å²) in [5.74, 6) is 0. The third-order valence-electron chi connectivity index (χ3n) is 4.89. The van der Waals surface area contributed by atoms with Crippen LogP contribution in [0.3, 0.4) is 0 Å². The van der Waals surface area contributed by atoms with Gasteiger partial charge in [-0.25, -0.2) is 13.1 Å². The first kappa shape index (κ1) is 18.2. The molecule has 0 amide bonds. The Morgan fingerprint density at radius 3 is 2.37 bits per heavy atom. The molecule has 4 rings (SSSR count). The van der Waals surface area contributed by atoms with E-state index < -0.39 is 10.0 Å². The van der Waals surface area contributed by atoms with Crippen molar-refractivity contribution < 1.29 is 8.42 Å². The lowest BCUT2D eigenvalue weighted by molar-refractivity contribution is 0.258. The molecular weight excluding hydrogens is 384 g/mol. The molecule has 0 aliphatic carbocycles. The van der Waals surface area contributed by atoms with Gasteiger partial charge in [0, 0.05) is 24.3 Å². The number of hydrogen-bond acceptors (Lipinski definition) is 4. The Bertz CT molecular complexity index is 1010. The van der Waals surface area contributed by atoms with E-state index in [2.05, 4.69) is 10.3 Å². The molecule has 0 saturated carbocycles. The van der Waals surface area contributed by atoms with Crippen LogP contribution in [-0.4, -0.2) is 40.8 Å². The van der Waals surface area contributed by atoms with Crippen molar-refractivity contribution in [1.82, 2.24) is 19.3 Å². The Balaban J connectivity index is 1.49. The van der Waals surface area contributed by atoms with E-state index in [0.29, 0.717) is 23.0 Å². The van der Waals surface area contributed by atoms with Crippen molar-refractivity contribution in [2.24, 2.45) is 0 Å². The summed E-state index contributed by atoms with van der Waals surface area (Å²) in [6, 6.07) is 14.7. The largest absolute Gasteiger partial charge is 0.249 e. The van der Waals surface area contributed by atoms with E-state index in [-0.39, 0.29) is 6.04 Å². The third-order valence-corrected chi connectivity index (χ3v) is 7.04. The summed E-state index contributed by atoms with van der Waals surface area (Å²) >= 11 is 6.04. The Kier molecular flexibility index (Phi) is 4.99. The zero-order valence-electron chi connectivity index (χ0n) is 14.6.